The van der Waals surface area contributed by atoms with Gasteiger partial charge in [0.05, 0.1) is 7.11 Å². The van der Waals surface area contributed by atoms with E-state index in [4.69, 9.17) is 25.8 Å². The Labute approximate surface area is 198 Å². The van der Waals surface area contributed by atoms with Gasteiger partial charge in [0.15, 0.2) is 11.4 Å². The summed E-state index contributed by atoms with van der Waals surface area (Å²) in [6.07, 6.45) is 0.884. The highest BCUT2D eigenvalue weighted by molar-refractivity contribution is 6.30. The minimum absolute atomic E-state index is 0.0651. The van der Waals surface area contributed by atoms with Gasteiger partial charge in [-0.05, 0) is 37.5 Å². The van der Waals surface area contributed by atoms with Crippen LogP contribution >= 0.6 is 11.6 Å². The van der Waals surface area contributed by atoms with Crippen LogP contribution in [0.4, 0.5) is 0 Å². The molecule has 0 aliphatic carbocycles. The van der Waals surface area contributed by atoms with E-state index in [1.54, 1.807) is 12.1 Å². The Bertz CT molecular complexity index is 993. The number of nitrogens with zero attached hydrogens (tertiary/aromatic N) is 1. The zero-order chi connectivity index (χ0) is 24.7. The molecule has 33 heavy (non-hydrogen) atoms. The molecule has 9 heteroatoms. The molecule has 8 nitrogen and oxygen atoms in total. The number of benzene rings is 1. The fraction of sp³-hybridized carbons (Fsp3) is 0.417. The van der Waals surface area contributed by atoms with Gasteiger partial charge in [0, 0.05) is 30.1 Å². The van der Waals surface area contributed by atoms with Crippen LogP contribution in [0.25, 0.3) is 0 Å². The molecule has 1 aromatic carbocycles. The van der Waals surface area contributed by atoms with E-state index in [-0.39, 0.29) is 29.0 Å². The molecular formula is C24H29ClN2O6. The summed E-state index contributed by atoms with van der Waals surface area (Å²) < 4.78 is 15.9. The van der Waals surface area contributed by atoms with Gasteiger partial charge in [-0.2, -0.15) is 0 Å². The third-order valence-corrected chi connectivity index (χ3v) is 5.28. The Hall–Kier alpha value is -3.13. The number of hydrogen-bond donors (Lipinski definition) is 1. The van der Waals surface area contributed by atoms with Crippen molar-refractivity contribution in [3.8, 4) is 11.5 Å². The topological polar surface area (TPSA) is 104 Å². The van der Waals surface area contributed by atoms with Gasteiger partial charge in [-0.25, -0.2) is 9.78 Å². The minimum Gasteiger partial charge on any atom is -0.493 e. The van der Waals surface area contributed by atoms with Crippen LogP contribution in [0.2, 0.25) is 5.02 Å². The lowest BCUT2D eigenvalue weighted by molar-refractivity contribution is -0.151. The highest BCUT2D eigenvalue weighted by atomic mass is 35.5. The lowest BCUT2D eigenvalue weighted by Crippen LogP contribution is -2.42. The Morgan fingerprint density at radius 1 is 1.03 bits per heavy atom. The van der Waals surface area contributed by atoms with Crippen molar-refractivity contribution in [1.82, 2.24) is 10.3 Å². The zero-order valence-corrected chi connectivity index (χ0v) is 20.3. The van der Waals surface area contributed by atoms with Crippen LogP contribution in [0, 0.1) is 5.92 Å². The van der Waals surface area contributed by atoms with Crippen molar-refractivity contribution in [3.63, 3.8) is 0 Å². The molecule has 1 heterocycles. The van der Waals surface area contributed by atoms with E-state index >= 15 is 0 Å². The van der Waals surface area contributed by atoms with Gasteiger partial charge in [-0.3, -0.25) is 9.59 Å². The first-order chi connectivity index (χ1) is 15.5. The molecule has 0 aliphatic rings. The molecule has 1 amide bonds. The van der Waals surface area contributed by atoms with Gasteiger partial charge in [0.1, 0.15) is 12.1 Å². The first-order valence-electron chi connectivity index (χ1n) is 10.5. The Balaban J connectivity index is 2.13. The lowest BCUT2D eigenvalue weighted by Gasteiger charge is -2.29. The van der Waals surface area contributed by atoms with Crippen LogP contribution in [0.3, 0.4) is 0 Å². The van der Waals surface area contributed by atoms with E-state index in [0.29, 0.717) is 5.02 Å². The number of halogens is 1. The first-order valence-corrected chi connectivity index (χ1v) is 10.9. The summed E-state index contributed by atoms with van der Waals surface area (Å²) in [6.45, 7) is 8.60. The summed E-state index contributed by atoms with van der Waals surface area (Å²) in [5.74, 6) is -1.79. The molecule has 178 valence electrons. The average Bonchev–Trinajstić information content (AvgIpc) is 2.74. The number of pyridine rings is 1. The van der Waals surface area contributed by atoms with E-state index in [0.717, 1.165) is 5.56 Å². The predicted octanol–water partition coefficient (Wildman–Crippen LogP) is 4.16. The number of nitrogens with one attached hydrogen (secondary N) is 1. The maximum atomic E-state index is 12.8. The molecule has 0 bridgehead atoms. The maximum absolute atomic E-state index is 12.8. The van der Waals surface area contributed by atoms with Gasteiger partial charge >= 0.3 is 11.9 Å². The Morgan fingerprint density at radius 2 is 1.67 bits per heavy atom. The van der Waals surface area contributed by atoms with Crippen molar-refractivity contribution in [3.05, 3.63) is 52.8 Å². The van der Waals surface area contributed by atoms with Gasteiger partial charge in [0.25, 0.3) is 5.91 Å². The highest BCUT2D eigenvalue weighted by Gasteiger charge is 2.29. The van der Waals surface area contributed by atoms with Crippen molar-refractivity contribution < 1.29 is 28.6 Å². The van der Waals surface area contributed by atoms with Crippen molar-refractivity contribution in [2.75, 3.05) is 7.11 Å². The molecule has 0 aliphatic heterocycles. The number of aromatic nitrogens is 1. The number of rotatable bonds is 9. The van der Waals surface area contributed by atoms with E-state index in [9.17, 15) is 14.4 Å². The summed E-state index contributed by atoms with van der Waals surface area (Å²) in [5.41, 5.74) is 0.816. The number of hydrogen-bond acceptors (Lipinski definition) is 7. The Morgan fingerprint density at radius 3 is 2.21 bits per heavy atom. The second-order valence-corrected chi connectivity index (χ2v) is 8.38. The summed E-state index contributed by atoms with van der Waals surface area (Å²) in [4.78, 5) is 40.9. The normalized spacial score (nSPS) is 13.6. The van der Waals surface area contributed by atoms with E-state index in [2.05, 4.69) is 10.3 Å². The van der Waals surface area contributed by atoms with E-state index < -0.39 is 30.0 Å². The van der Waals surface area contributed by atoms with E-state index in [1.165, 1.54) is 33.2 Å². The van der Waals surface area contributed by atoms with Crippen molar-refractivity contribution in [2.24, 2.45) is 5.92 Å². The van der Waals surface area contributed by atoms with Gasteiger partial charge in [-0.1, -0.05) is 37.6 Å². The Kier molecular flexibility index (Phi) is 9.22. The van der Waals surface area contributed by atoms with Crippen molar-refractivity contribution in [1.29, 1.82) is 0 Å². The molecule has 0 saturated carbocycles. The monoisotopic (exact) mass is 476 g/mol. The van der Waals surface area contributed by atoms with Gasteiger partial charge in [-0.15, -0.1) is 0 Å². The van der Waals surface area contributed by atoms with Crippen molar-refractivity contribution >= 4 is 29.4 Å². The third-order valence-electron chi connectivity index (χ3n) is 5.03. The van der Waals surface area contributed by atoms with Crippen LogP contribution < -0.4 is 14.8 Å². The molecule has 0 radical (unpaired) electrons. The molecule has 3 atom stereocenters. The molecule has 2 aromatic rings. The molecular weight excluding hydrogens is 448 g/mol. The largest absolute Gasteiger partial charge is 0.493 e. The SMILES string of the molecule is COc1ccnc(C(=O)N[C@@H](C)C(=O)O[C@@H](C)[C@H](c2ccc(Cl)cc2)C(C)C)c1OC(C)=O. The number of esters is 2. The summed E-state index contributed by atoms with van der Waals surface area (Å²) in [5, 5.41) is 3.17. The predicted molar refractivity (Wildman–Crippen MR) is 124 cm³/mol. The zero-order valence-electron chi connectivity index (χ0n) is 19.5. The number of carbonyl (C=O) groups excluding carboxylic acids is 3. The fourth-order valence-electron chi connectivity index (χ4n) is 3.56. The molecule has 0 spiro atoms. The summed E-state index contributed by atoms with van der Waals surface area (Å²) >= 11 is 5.99. The van der Waals surface area contributed by atoms with Gasteiger partial charge < -0.3 is 19.5 Å². The van der Waals surface area contributed by atoms with Crippen LogP contribution in [-0.2, 0) is 14.3 Å². The maximum Gasteiger partial charge on any atom is 0.328 e. The van der Waals surface area contributed by atoms with Gasteiger partial charge in [0.2, 0.25) is 5.75 Å². The highest BCUT2D eigenvalue weighted by Crippen LogP contribution is 2.31. The number of methoxy groups -OCH3 is 1. The van der Waals surface area contributed by atoms with Crippen molar-refractivity contribution in [2.45, 2.75) is 52.7 Å². The van der Waals surface area contributed by atoms with Crippen LogP contribution in [0.5, 0.6) is 11.5 Å². The van der Waals surface area contributed by atoms with Crippen LogP contribution in [-0.4, -0.2) is 42.1 Å². The molecule has 0 fully saturated rings. The molecule has 1 N–H and O–H groups in total. The number of carbonyl (C=O) groups is 3. The standard InChI is InChI=1S/C24H29ClN2O6/c1-13(2)20(17-7-9-18(25)10-8-17)15(4)32-24(30)14(3)27-23(29)21-22(33-16(5)28)19(31-6)11-12-26-21/h7-15,20H,1-6H3,(H,27,29)/t14-,15-,20+/m0/s1. The van der Waals surface area contributed by atoms with Crippen LogP contribution in [0.1, 0.15) is 56.6 Å². The molecule has 2 rings (SSSR count). The average molecular weight is 477 g/mol. The second kappa shape index (κ2) is 11.7. The smallest absolute Gasteiger partial charge is 0.328 e. The third kappa shape index (κ3) is 6.92. The van der Waals surface area contributed by atoms with E-state index in [1.807, 2.05) is 32.9 Å². The molecule has 1 aromatic heterocycles. The number of amides is 1. The fourth-order valence-corrected chi connectivity index (χ4v) is 3.69. The summed E-state index contributed by atoms with van der Waals surface area (Å²) in [6, 6.07) is 7.89. The second-order valence-electron chi connectivity index (χ2n) is 7.94. The summed E-state index contributed by atoms with van der Waals surface area (Å²) in [7, 11) is 1.37. The lowest BCUT2D eigenvalue weighted by atomic mass is 9.84. The quantitative estimate of drug-likeness (QED) is 0.542. The molecule has 0 unspecified atom stereocenters. The number of ether oxygens (including phenoxy) is 3. The molecule has 0 saturated heterocycles. The first kappa shape index (κ1) is 26.1. The van der Waals surface area contributed by atoms with Crippen LogP contribution in [0.15, 0.2) is 36.5 Å². The minimum atomic E-state index is -0.976.